The number of aliphatic carboxylic acids is 1. The molecule has 1 saturated carbocycles. The van der Waals surface area contributed by atoms with E-state index in [0.29, 0.717) is 24.7 Å². The zero-order valence-corrected chi connectivity index (χ0v) is 12.9. The van der Waals surface area contributed by atoms with Gasteiger partial charge in [0.15, 0.2) is 0 Å². The molecule has 2 N–H and O–H groups in total. The standard InChI is InChI=1S/C16H29NO3/c1-12(2)10-15(18)17-14(8-9-16(19)20)11-13-6-4-3-5-7-13/h12-14H,3-11H2,1-2H3,(H,17,18)(H,19,20). The molecule has 0 saturated heterocycles. The van der Waals surface area contributed by atoms with Crippen molar-refractivity contribution in [3.63, 3.8) is 0 Å². The molecule has 0 bridgehead atoms. The second-order valence-electron chi connectivity index (χ2n) is 6.53. The Kier molecular flexibility index (Phi) is 7.63. The molecule has 1 fully saturated rings. The summed E-state index contributed by atoms with van der Waals surface area (Å²) in [6, 6.07) is 0.0282. The van der Waals surface area contributed by atoms with Gasteiger partial charge in [-0.15, -0.1) is 0 Å². The third kappa shape index (κ3) is 7.51. The van der Waals surface area contributed by atoms with Crippen LogP contribution in [0.3, 0.4) is 0 Å². The highest BCUT2D eigenvalue weighted by molar-refractivity contribution is 5.76. The summed E-state index contributed by atoms with van der Waals surface area (Å²) in [5.41, 5.74) is 0. The smallest absolute Gasteiger partial charge is 0.303 e. The quantitative estimate of drug-likeness (QED) is 0.718. The molecular formula is C16H29NO3. The SMILES string of the molecule is CC(C)CC(=O)NC(CCC(=O)O)CC1CCCCC1. The van der Waals surface area contributed by atoms with Gasteiger partial charge in [0.05, 0.1) is 0 Å². The first-order chi connectivity index (χ1) is 9.47. The lowest BCUT2D eigenvalue weighted by Gasteiger charge is -2.27. The van der Waals surface area contributed by atoms with Crippen molar-refractivity contribution in [2.24, 2.45) is 11.8 Å². The fourth-order valence-electron chi connectivity index (χ4n) is 3.03. The van der Waals surface area contributed by atoms with Crippen LogP contribution < -0.4 is 5.32 Å². The lowest BCUT2D eigenvalue weighted by molar-refractivity contribution is -0.137. The van der Waals surface area contributed by atoms with E-state index in [1.807, 2.05) is 13.8 Å². The van der Waals surface area contributed by atoms with Crippen LogP contribution in [0.4, 0.5) is 0 Å². The Morgan fingerprint density at radius 3 is 2.40 bits per heavy atom. The minimum Gasteiger partial charge on any atom is -0.481 e. The van der Waals surface area contributed by atoms with Crippen molar-refractivity contribution < 1.29 is 14.7 Å². The lowest BCUT2D eigenvalue weighted by Crippen LogP contribution is -2.37. The predicted molar refractivity (Wildman–Crippen MR) is 79.4 cm³/mol. The predicted octanol–water partition coefficient (Wildman–Crippen LogP) is 3.35. The van der Waals surface area contributed by atoms with Gasteiger partial charge in [-0.25, -0.2) is 0 Å². The molecule has 0 heterocycles. The third-order valence-electron chi connectivity index (χ3n) is 4.01. The van der Waals surface area contributed by atoms with Crippen LogP contribution >= 0.6 is 0 Å². The average Bonchev–Trinajstić information content (AvgIpc) is 2.36. The fraction of sp³-hybridized carbons (Fsp3) is 0.875. The number of carboxylic acid groups (broad SMARTS) is 1. The van der Waals surface area contributed by atoms with E-state index in [1.54, 1.807) is 0 Å². The summed E-state index contributed by atoms with van der Waals surface area (Å²) in [6.07, 6.45) is 8.47. The summed E-state index contributed by atoms with van der Waals surface area (Å²) < 4.78 is 0. The summed E-state index contributed by atoms with van der Waals surface area (Å²) in [6.45, 7) is 4.04. The third-order valence-corrected chi connectivity index (χ3v) is 4.01. The summed E-state index contributed by atoms with van der Waals surface area (Å²) in [7, 11) is 0. The van der Waals surface area contributed by atoms with Crippen molar-refractivity contribution >= 4 is 11.9 Å². The number of carbonyl (C=O) groups is 2. The van der Waals surface area contributed by atoms with Crippen LogP contribution in [0, 0.1) is 11.8 Å². The van der Waals surface area contributed by atoms with Crippen LogP contribution in [0.25, 0.3) is 0 Å². The second-order valence-corrected chi connectivity index (χ2v) is 6.53. The highest BCUT2D eigenvalue weighted by Gasteiger charge is 2.21. The summed E-state index contributed by atoms with van der Waals surface area (Å²) in [4.78, 5) is 22.6. The Hall–Kier alpha value is -1.06. The van der Waals surface area contributed by atoms with E-state index in [-0.39, 0.29) is 18.4 Å². The maximum absolute atomic E-state index is 11.9. The maximum Gasteiger partial charge on any atom is 0.303 e. The van der Waals surface area contributed by atoms with E-state index in [1.165, 1.54) is 32.1 Å². The minimum absolute atomic E-state index is 0.0282. The van der Waals surface area contributed by atoms with Gasteiger partial charge in [0.1, 0.15) is 0 Å². The molecule has 0 aromatic rings. The number of carboxylic acids is 1. The molecule has 116 valence electrons. The van der Waals surface area contributed by atoms with Gasteiger partial charge < -0.3 is 10.4 Å². The zero-order chi connectivity index (χ0) is 15.0. The Bertz CT molecular complexity index is 309. The Morgan fingerprint density at radius 1 is 1.20 bits per heavy atom. The molecule has 0 aromatic heterocycles. The van der Waals surface area contributed by atoms with Crippen molar-refractivity contribution in [3.05, 3.63) is 0 Å². The Labute approximate surface area is 122 Å². The number of hydrogen-bond donors (Lipinski definition) is 2. The van der Waals surface area contributed by atoms with E-state index in [4.69, 9.17) is 5.11 Å². The molecule has 0 aromatic carbocycles. The van der Waals surface area contributed by atoms with Gasteiger partial charge in [0.2, 0.25) is 5.91 Å². The zero-order valence-electron chi connectivity index (χ0n) is 12.9. The number of amides is 1. The molecule has 1 aliphatic carbocycles. The van der Waals surface area contributed by atoms with Crippen LogP contribution in [0.15, 0.2) is 0 Å². The molecule has 1 atom stereocenters. The maximum atomic E-state index is 11.9. The monoisotopic (exact) mass is 283 g/mol. The van der Waals surface area contributed by atoms with Crippen molar-refractivity contribution in [2.45, 2.75) is 77.7 Å². The molecule has 4 nitrogen and oxygen atoms in total. The van der Waals surface area contributed by atoms with Crippen molar-refractivity contribution in [1.29, 1.82) is 0 Å². The highest BCUT2D eigenvalue weighted by Crippen LogP contribution is 2.28. The number of nitrogens with one attached hydrogen (secondary N) is 1. The molecule has 1 amide bonds. The number of rotatable bonds is 8. The van der Waals surface area contributed by atoms with E-state index >= 15 is 0 Å². The van der Waals surface area contributed by atoms with E-state index < -0.39 is 5.97 Å². The van der Waals surface area contributed by atoms with Gasteiger partial charge in [-0.3, -0.25) is 9.59 Å². The van der Waals surface area contributed by atoms with Gasteiger partial charge >= 0.3 is 5.97 Å². The summed E-state index contributed by atoms with van der Waals surface area (Å²) in [5.74, 6) is 0.273. The van der Waals surface area contributed by atoms with Crippen LogP contribution in [-0.2, 0) is 9.59 Å². The van der Waals surface area contributed by atoms with E-state index in [0.717, 1.165) is 6.42 Å². The molecule has 1 unspecified atom stereocenters. The molecule has 0 radical (unpaired) electrons. The molecule has 1 aliphatic rings. The van der Waals surface area contributed by atoms with Gasteiger partial charge in [0, 0.05) is 18.9 Å². The van der Waals surface area contributed by atoms with Gasteiger partial charge in [0.25, 0.3) is 0 Å². The van der Waals surface area contributed by atoms with Crippen molar-refractivity contribution in [2.75, 3.05) is 0 Å². The average molecular weight is 283 g/mol. The fourth-order valence-corrected chi connectivity index (χ4v) is 3.03. The van der Waals surface area contributed by atoms with Crippen LogP contribution in [0.1, 0.15) is 71.6 Å². The number of carbonyl (C=O) groups excluding carboxylic acids is 1. The van der Waals surface area contributed by atoms with Gasteiger partial charge in [-0.1, -0.05) is 46.0 Å². The van der Waals surface area contributed by atoms with Crippen LogP contribution in [0.5, 0.6) is 0 Å². The first-order valence-corrected chi connectivity index (χ1v) is 7.98. The van der Waals surface area contributed by atoms with E-state index in [9.17, 15) is 9.59 Å². The molecular weight excluding hydrogens is 254 g/mol. The first-order valence-electron chi connectivity index (χ1n) is 7.98. The molecule has 1 rings (SSSR count). The van der Waals surface area contributed by atoms with Crippen molar-refractivity contribution in [3.8, 4) is 0 Å². The highest BCUT2D eigenvalue weighted by atomic mass is 16.4. The van der Waals surface area contributed by atoms with Crippen molar-refractivity contribution in [1.82, 2.24) is 5.32 Å². The van der Waals surface area contributed by atoms with Gasteiger partial charge in [-0.2, -0.15) is 0 Å². The van der Waals surface area contributed by atoms with Crippen LogP contribution in [-0.4, -0.2) is 23.0 Å². The van der Waals surface area contributed by atoms with E-state index in [2.05, 4.69) is 5.32 Å². The Morgan fingerprint density at radius 2 is 1.85 bits per heavy atom. The van der Waals surface area contributed by atoms with Gasteiger partial charge in [-0.05, 0) is 24.7 Å². The topological polar surface area (TPSA) is 66.4 Å². The summed E-state index contributed by atoms with van der Waals surface area (Å²) >= 11 is 0. The van der Waals surface area contributed by atoms with Crippen LogP contribution in [0.2, 0.25) is 0 Å². The second kappa shape index (κ2) is 8.98. The normalized spacial score (nSPS) is 17.9. The number of hydrogen-bond acceptors (Lipinski definition) is 2. The summed E-state index contributed by atoms with van der Waals surface area (Å²) in [5, 5.41) is 11.9. The first kappa shape index (κ1) is 17.0. The molecule has 4 heteroatoms. The minimum atomic E-state index is -0.781. The Balaban J connectivity index is 2.45. The lowest BCUT2D eigenvalue weighted by atomic mass is 9.84. The largest absolute Gasteiger partial charge is 0.481 e. The molecule has 0 spiro atoms. The molecule has 0 aliphatic heterocycles. The molecule has 20 heavy (non-hydrogen) atoms.